The van der Waals surface area contributed by atoms with Crippen molar-refractivity contribution >= 4 is 32.3 Å². The molecule has 0 aliphatic heterocycles. The van der Waals surface area contributed by atoms with Crippen LogP contribution in [0.1, 0.15) is 15.9 Å². The summed E-state index contributed by atoms with van der Waals surface area (Å²) in [6.07, 6.45) is 0. The molecule has 0 amide bonds. The van der Waals surface area contributed by atoms with Gasteiger partial charge >= 0.3 is 11.6 Å². The van der Waals surface area contributed by atoms with Crippen LogP contribution >= 0.6 is 11.3 Å². The molecule has 7 nitrogen and oxygen atoms in total. The number of para-hydroxylation sites is 2. The summed E-state index contributed by atoms with van der Waals surface area (Å²) in [5.74, 6) is -1.25. The Labute approximate surface area is 176 Å². The van der Waals surface area contributed by atoms with Crippen LogP contribution in [0, 0.1) is 10.1 Å². The van der Waals surface area contributed by atoms with E-state index in [-0.39, 0.29) is 21.3 Å². The molecule has 0 aliphatic carbocycles. The van der Waals surface area contributed by atoms with E-state index in [2.05, 4.69) is 4.74 Å². The van der Waals surface area contributed by atoms with Crippen LogP contribution in [0.5, 0.6) is 5.75 Å². The lowest BCUT2D eigenvalue weighted by Crippen LogP contribution is -2.16. The number of hydrogen-bond acceptors (Lipinski definition) is 6. The molecule has 0 saturated heterocycles. The summed E-state index contributed by atoms with van der Waals surface area (Å²) in [7, 11) is 0. The van der Waals surface area contributed by atoms with Crippen molar-refractivity contribution in [2.45, 2.75) is 6.61 Å². The van der Waals surface area contributed by atoms with Crippen molar-refractivity contribution in [1.29, 1.82) is 0 Å². The highest BCUT2D eigenvalue weighted by molar-refractivity contribution is 7.22. The molecule has 4 rings (SSSR count). The van der Waals surface area contributed by atoms with E-state index in [1.165, 1.54) is 41.0 Å². The van der Waals surface area contributed by atoms with Crippen LogP contribution in [0.25, 0.3) is 15.9 Å². The number of carbonyl (C=O) groups is 1. The molecule has 4 aromatic rings. The first kappa shape index (κ1) is 20.4. The van der Waals surface area contributed by atoms with Gasteiger partial charge in [0.05, 0.1) is 16.2 Å². The minimum absolute atomic E-state index is 0.164. The smallest absolute Gasteiger partial charge is 0.387 e. The van der Waals surface area contributed by atoms with Gasteiger partial charge in [0.2, 0.25) is 5.78 Å². The number of thiophene rings is 1. The molecule has 156 valence electrons. The van der Waals surface area contributed by atoms with Crippen molar-refractivity contribution in [3.63, 3.8) is 0 Å². The largest absolute Gasteiger partial charge is 0.434 e. The summed E-state index contributed by atoms with van der Waals surface area (Å²) in [5, 5.41) is 11.4. The SMILES string of the molecule is O=C(c1ccccc1OC(F)F)c1c([N+](=O)[O-])sc2c1ccc(=O)n2-c1ccccc1. The van der Waals surface area contributed by atoms with E-state index in [9.17, 15) is 28.5 Å². The number of nitrogens with zero attached hydrogens (tertiary/aromatic N) is 2. The van der Waals surface area contributed by atoms with E-state index in [4.69, 9.17) is 0 Å². The van der Waals surface area contributed by atoms with Gasteiger partial charge in [-0.3, -0.25) is 24.3 Å². The lowest BCUT2D eigenvalue weighted by molar-refractivity contribution is -0.380. The zero-order valence-electron chi connectivity index (χ0n) is 15.5. The molecule has 0 fully saturated rings. The van der Waals surface area contributed by atoms with E-state index in [0.717, 1.165) is 0 Å². The summed E-state index contributed by atoms with van der Waals surface area (Å²) >= 11 is 0.664. The lowest BCUT2D eigenvalue weighted by atomic mass is 10.0. The fourth-order valence-corrected chi connectivity index (χ4v) is 4.36. The number of fused-ring (bicyclic) bond motifs is 1. The summed E-state index contributed by atoms with van der Waals surface area (Å²) in [6, 6.07) is 16.3. The minimum atomic E-state index is -3.17. The molecule has 31 heavy (non-hydrogen) atoms. The second-order valence-corrected chi connectivity index (χ2v) is 7.28. The molecule has 2 aromatic heterocycles. The molecule has 0 unspecified atom stereocenters. The topological polar surface area (TPSA) is 91.4 Å². The molecule has 0 atom stereocenters. The van der Waals surface area contributed by atoms with Crippen molar-refractivity contribution in [3.8, 4) is 11.4 Å². The van der Waals surface area contributed by atoms with Gasteiger partial charge in [0.1, 0.15) is 16.1 Å². The Hall–Kier alpha value is -3.92. The normalized spacial score (nSPS) is 11.1. The average molecular weight is 442 g/mol. The number of ether oxygens (including phenoxy) is 1. The van der Waals surface area contributed by atoms with Gasteiger partial charge in [-0.2, -0.15) is 8.78 Å². The Morgan fingerprint density at radius 1 is 1.03 bits per heavy atom. The number of nitro groups is 1. The first-order valence-electron chi connectivity index (χ1n) is 8.85. The van der Waals surface area contributed by atoms with Gasteiger partial charge in [0, 0.05) is 11.5 Å². The standard InChI is InChI=1S/C21H12F2N2O5S/c22-21(23)30-15-9-5-4-8-13(15)18(27)17-14-10-11-16(26)24(12-6-2-1-3-7-12)19(14)31-20(17)25(28)29/h1-11,21H. The van der Waals surface area contributed by atoms with Gasteiger partial charge in [-0.15, -0.1) is 0 Å². The average Bonchev–Trinajstić information content (AvgIpc) is 3.13. The Bertz CT molecular complexity index is 1370. The van der Waals surface area contributed by atoms with E-state index in [1.54, 1.807) is 30.3 Å². The highest BCUT2D eigenvalue weighted by Gasteiger charge is 2.31. The first-order chi connectivity index (χ1) is 14.9. The van der Waals surface area contributed by atoms with E-state index < -0.39 is 33.6 Å². The first-order valence-corrected chi connectivity index (χ1v) is 9.67. The number of hydrogen-bond donors (Lipinski definition) is 0. The van der Waals surface area contributed by atoms with Crippen LogP contribution in [-0.4, -0.2) is 21.9 Å². The third-order valence-corrected chi connectivity index (χ3v) is 5.62. The zero-order valence-corrected chi connectivity index (χ0v) is 16.3. The van der Waals surface area contributed by atoms with Gasteiger partial charge in [0.15, 0.2) is 0 Å². The van der Waals surface area contributed by atoms with Gasteiger partial charge in [-0.05, 0) is 41.7 Å². The second kappa shape index (κ2) is 8.07. The number of halogens is 2. The Kier molecular flexibility index (Phi) is 5.30. The molecule has 2 aromatic carbocycles. The summed E-state index contributed by atoms with van der Waals surface area (Å²) < 4.78 is 31.2. The molecular weight excluding hydrogens is 430 g/mol. The number of alkyl halides is 2. The van der Waals surface area contributed by atoms with Crippen molar-refractivity contribution in [2.75, 3.05) is 0 Å². The number of aromatic nitrogens is 1. The predicted octanol–water partition coefficient (Wildman–Crippen LogP) is 4.79. The van der Waals surface area contributed by atoms with E-state index in [0.29, 0.717) is 17.0 Å². The van der Waals surface area contributed by atoms with Gasteiger partial charge in [-0.1, -0.05) is 30.3 Å². The predicted molar refractivity (Wildman–Crippen MR) is 111 cm³/mol. The Balaban J connectivity index is 2.00. The fourth-order valence-electron chi connectivity index (χ4n) is 3.23. The minimum Gasteiger partial charge on any atom is -0.434 e. The maximum absolute atomic E-state index is 13.3. The molecule has 0 saturated carbocycles. The quantitative estimate of drug-likeness (QED) is 0.243. The molecular formula is C21H12F2N2O5S. The maximum Gasteiger partial charge on any atom is 0.387 e. The third kappa shape index (κ3) is 3.68. The lowest BCUT2D eigenvalue weighted by Gasteiger charge is -2.09. The number of pyridine rings is 1. The molecule has 0 bridgehead atoms. The zero-order chi connectivity index (χ0) is 22.1. The highest BCUT2D eigenvalue weighted by Crippen LogP contribution is 2.39. The number of ketones is 1. The summed E-state index contributed by atoms with van der Waals surface area (Å²) in [6.45, 7) is -3.17. The summed E-state index contributed by atoms with van der Waals surface area (Å²) in [4.78, 5) is 37.0. The molecule has 0 N–H and O–H groups in total. The molecule has 2 heterocycles. The van der Waals surface area contributed by atoms with Gasteiger partial charge in [-0.25, -0.2) is 0 Å². The van der Waals surface area contributed by atoms with Crippen LogP contribution in [0.4, 0.5) is 13.8 Å². The van der Waals surface area contributed by atoms with Gasteiger partial charge < -0.3 is 4.74 Å². The third-order valence-electron chi connectivity index (χ3n) is 4.48. The maximum atomic E-state index is 13.3. The van der Waals surface area contributed by atoms with Crippen LogP contribution in [0.2, 0.25) is 0 Å². The van der Waals surface area contributed by atoms with Crippen molar-refractivity contribution in [3.05, 3.63) is 98.3 Å². The summed E-state index contributed by atoms with van der Waals surface area (Å²) in [5.41, 5.74) is -0.506. The molecule has 0 radical (unpaired) electrons. The van der Waals surface area contributed by atoms with Crippen LogP contribution in [0.15, 0.2) is 71.5 Å². The molecule has 10 heteroatoms. The fraction of sp³-hybridized carbons (Fsp3) is 0.0476. The number of benzene rings is 2. The monoisotopic (exact) mass is 442 g/mol. The number of carbonyl (C=O) groups excluding carboxylic acids is 1. The highest BCUT2D eigenvalue weighted by atomic mass is 32.1. The second-order valence-electron chi connectivity index (χ2n) is 6.30. The molecule has 0 aliphatic rings. The van der Waals surface area contributed by atoms with Gasteiger partial charge in [0.25, 0.3) is 5.56 Å². The van der Waals surface area contributed by atoms with Crippen LogP contribution < -0.4 is 10.3 Å². The van der Waals surface area contributed by atoms with Crippen molar-refractivity contribution in [2.24, 2.45) is 0 Å². The number of rotatable bonds is 6. The van der Waals surface area contributed by atoms with E-state index >= 15 is 0 Å². The van der Waals surface area contributed by atoms with Crippen LogP contribution in [0.3, 0.4) is 0 Å². The van der Waals surface area contributed by atoms with Crippen molar-refractivity contribution in [1.82, 2.24) is 4.57 Å². The molecule has 0 spiro atoms. The van der Waals surface area contributed by atoms with E-state index in [1.807, 2.05) is 0 Å². The Morgan fingerprint density at radius 3 is 2.39 bits per heavy atom. The Morgan fingerprint density at radius 2 is 1.71 bits per heavy atom. The van der Waals surface area contributed by atoms with Crippen LogP contribution in [-0.2, 0) is 0 Å². The van der Waals surface area contributed by atoms with Crippen molar-refractivity contribution < 1.29 is 23.2 Å².